The summed E-state index contributed by atoms with van der Waals surface area (Å²) in [5, 5.41) is 0. The van der Waals surface area contributed by atoms with Gasteiger partial charge in [-0.25, -0.2) is 9.59 Å². The van der Waals surface area contributed by atoms with Crippen LogP contribution in [0.2, 0.25) is 0 Å². The van der Waals surface area contributed by atoms with Crippen molar-refractivity contribution in [2.45, 2.75) is 38.8 Å². The van der Waals surface area contributed by atoms with Gasteiger partial charge in [0, 0.05) is 0 Å². The van der Waals surface area contributed by atoms with Gasteiger partial charge < -0.3 is 9.47 Å². The lowest BCUT2D eigenvalue weighted by molar-refractivity contribution is -0.158. The van der Waals surface area contributed by atoms with Gasteiger partial charge in [-0.05, 0) is 20.8 Å². The van der Waals surface area contributed by atoms with Crippen LogP contribution < -0.4 is 0 Å². The minimum Gasteiger partial charge on any atom is -0.467 e. The maximum atomic E-state index is 11.3. The lowest BCUT2D eigenvalue weighted by atomic mass is 10.2. The Morgan fingerprint density at radius 2 is 1.94 bits per heavy atom. The van der Waals surface area contributed by atoms with E-state index in [1.54, 1.807) is 20.8 Å². The molecule has 0 heterocycles. The quantitative estimate of drug-likeness (QED) is 0.400. The average molecular weight is 229 g/mol. The molecule has 0 aliphatic rings. The number of isocyanates is 1. The first-order chi connectivity index (χ1) is 7.30. The Morgan fingerprint density at radius 3 is 2.31 bits per heavy atom. The van der Waals surface area contributed by atoms with Crippen molar-refractivity contribution in [1.29, 1.82) is 0 Å². The van der Waals surface area contributed by atoms with Crippen LogP contribution in [0, 0.1) is 0 Å². The number of aliphatic imine (C=N–C) groups is 1. The summed E-state index contributed by atoms with van der Waals surface area (Å²) < 4.78 is 9.35. The molecule has 0 radical (unpaired) electrons. The predicted molar refractivity (Wildman–Crippen MR) is 54.4 cm³/mol. The molecular weight excluding hydrogens is 214 g/mol. The van der Waals surface area contributed by atoms with Crippen molar-refractivity contribution < 1.29 is 23.9 Å². The molecule has 0 amide bonds. The van der Waals surface area contributed by atoms with E-state index in [0.717, 1.165) is 7.11 Å². The summed E-state index contributed by atoms with van der Waals surface area (Å²) in [6.07, 6.45) is 0.883. The van der Waals surface area contributed by atoms with Crippen molar-refractivity contribution in [3.05, 3.63) is 0 Å². The second-order valence-electron chi connectivity index (χ2n) is 4.05. The Labute approximate surface area is 93.6 Å². The van der Waals surface area contributed by atoms with E-state index >= 15 is 0 Å². The Bertz CT molecular complexity index is 312. The zero-order valence-corrected chi connectivity index (χ0v) is 9.77. The van der Waals surface area contributed by atoms with Crippen molar-refractivity contribution in [2.24, 2.45) is 4.99 Å². The summed E-state index contributed by atoms with van der Waals surface area (Å²) in [5.41, 5.74) is -0.650. The molecule has 0 aliphatic heterocycles. The fourth-order valence-corrected chi connectivity index (χ4v) is 0.922. The molecule has 0 saturated carbocycles. The van der Waals surface area contributed by atoms with Gasteiger partial charge in [0.05, 0.1) is 13.5 Å². The number of hydrogen-bond donors (Lipinski definition) is 0. The van der Waals surface area contributed by atoms with Gasteiger partial charge >= 0.3 is 11.9 Å². The van der Waals surface area contributed by atoms with E-state index in [0.29, 0.717) is 0 Å². The van der Waals surface area contributed by atoms with Crippen LogP contribution in [-0.4, -0.2) is 36.8 Å². The van der Waals surface area contributed by atoms with Crippen LogP contribution in [0.5, 0.6) is 0 Å². The van der Waals surface area contributed by atoms with Gasteiger partial charge in [0.25, 0.3) is 0 Å². The lowest BCUT2D eigenvalue weighted by Crippen LogP contribution is -2.29. The Hall–Kier alpha value is -1.68. The van der Waals surface area contributed by atoms with Crippen LogP contribution in [0.4, 0.5) is 0 Å². The first kappa shape index (κ1) is 14.3. The van der Waals surface area contributed by atoms with Crippen LogP contribution in [-0.2, 0) is 23.9 Å². The van der Waals surface area contributed by atoms with E-state index in [4.69, 9.17) is 4.74 Å². The van der Waals surface area contributed by atoms with E-state index in [9.17, 15) is 14.4 Å². The fraction of sp³-hybridized carbons (Fsp3) is 0.700. The maximum absolute atomic E-state index is 11.3. The molecule has 0 aliphatic carbocycles. The highest BCUT2D eigenvalue weighted by molar-refractivity contribution is 5.83. The Morgan fingerprint density at radius 1 is 1.38 bits per heavy atom. The van der Waals surface area contributed by atoms with Gasteiger partial charge in [0.2, 0.25) is 6.08 Å². The van der Waals surface area contributed by atoms with E-state index in [1.807, 2.05) is 0 Å². The highest BCUT2D eigenvalue weighted by Gasteiger charge is 2.25. The van der Waals surface area contributed by atoms with Crippen molar-refractivity contribution in [1.82, 2.24) is 0 Å². The average Bonchev–Trinajstić information content (AvgIpc) is 2.13. The molecule has 6 nitrogen and oxygen atoms in total. The normalized spacial score (nSPS) is 12.2. The second kappa shape index (κ2) is 6.02. The molecule has 0 aromatic rings. The molecular formula is C10H15NO5. The van der Waals surface area contributed by atoms with Crippen LogP contribution in [0.15, 0.2) is 4.99 Å². The number of hydrogen-bond acceptors (Lipinski definition) is 6. The zero-order valence-electron chi connectivity index (χ0n) is 9.77. The van der Waals surface area contributed by atoms with Gasteiger partial charge in [-0.3, -0.25) is 4.79 Å². The van der Waals surface area contributed by atoms with E-state index in [-0.39, 0.29) is 6.42 Å². The third-order valence-corrected chi connectivity index (χ3v) is 1.46. The molecule has 0 aromatic carbocycles. The molecule has 16 heavy (non-hydrogen) atoms. The summed E-state index contributed by atoms with van der Waals surface area (Å²) >= 11 is 0. The van der Waals surface area contributed by atoms with Crippen LogP contribution in [0.3, 0.4) is 0 Å². The van der Waals surface area contributed by atoms with Crippen molar-refractivity contribution in [3.8, 4) is 0 Å². The van der Waals surface area contributed by atoms with Crippen molar-refractivity contribution in [3.63, 3.8) is 0 Å². The highest BCUT2D eigenvalue weighted by atomic mass is 16.6. The van der Waals surface area contributed by atoms with Gasteiger partial charge in [-0.15, -0.1) is 0 Å². The summed E-state index contributed by atoms with van der Waals surface area (Å²) in [6, 6.07) is -1.18. The third-order valence-electron chi connectivity index (χ3n) is 1.46. The lowest BCUT2D eigenvalue weighted by Gasteiger charge is -2.20. The number of ether oxygens (including phenoxy) is 2. The third kappa shape index (κ3) is 5.93. The number of rotatable bonds is 4. The summed E-state index contributed by atoms with van der Waals surface area (Å²) in [4.78, 5) is 35.7. The zero-order chi connectivity index (χ0) is 12.8. The van der Waals surface area contributed by atoms with Crippen molar-refractivity contribution >= 4 is 18.0 Å². The summed E-state index contributed by atoms with van der Waals surface area (Å²) in [6.45, 7) is 5.09. The maximum Gasteiger partial charge on any atom is 0.332 e. The molecule has 6 heteroatoms. The largest absolute Gasteiger partial charge is 0.467 e. The topological polar surface area (TPSA) is 82.0 Å². The number of carbonyl (C=O) groups is 2. The molecule has 0 bridgehead atoms. The molecule has 90 valence electrons. The molecule has 0 rings (SSSR count). The van der Waals surface area contributed by atoms with Gasteiger partial charge in [0.1, 0.15) is 5.60 Å². The Kier molecular flexibility index (Phi) is 5.39. The van der Waals surface area contributed by atoms with Gasteiger partial charge in [-0.1, -0.05) is 0 Å². The summed E-state index contributed by atoms with van der Waals surface area (Å²) in [7, 11) is 1.14. The minimum atomic E-state index is -1.18. The molecule has 0 aromatic heterocycles. The van der Waals surface area contributed by atoms with E-state index in [1.165, 1.54) is 6.08 Å². The number of esters is 2. The molecule has 0 N–H and O–H groups in total. The molecule has 1 unspecified atom stereocenters. The molecule has 0 spiro atoms. The van der Waals surface area contributed by atoms with E-state index in [2.05, 4.69) is 9.73 Å². The highest BCUT2D eigenvalue weighted by Crippen LogP contribution is 2.10. The fourth-order valence-electron chi connectivity index (χ4n) is 0.922. The molecule has 1 atom stereocenters. The SMILES string of the molecule is COC(=O)C(CC(=O)OC(C)(C)C)N=C=O. The minimum absolute atomic E-state index is 0.334. The molecule has 0 fully saturated rings. The van der Waals surface area contributed by atoms with Crippen LogP contribution in [0.1, 0.15) is 27.2 Å². The number of nitrogens with zero attached hydrogens (tertiary/aromatic N) is 1. The first-order valence-corrected chi connectivity index (χ1v) is 4.67. The number of carbonyl (C=O) groups excluding carboxylic acids is 3. The van der Waals surface area contributed by atoms with Crippen LogP contribution in [0.25, 0.3) is 0 Å². The molecule has 0 saturated heterocycles. The van der Waals surface area contributed by atoms with Gasteiger partial charge in [0.15, 0.2) is 6.04 Å². The van der Waals surface area contributed by atoms with Crippen LogP contribution >= 0.6 is 0 Å². The monoisotopic (exact) mass is 229 g/mol. The van der Waals surface area contributed by atoms with E-state index < -0.39 is 23.6 Å². The first-order valence-electron chi connectivity index (χ1n) is 4.67. The predicted octanol–water partition coefficient (Wildman–Crippen LogP) is 0.596. The number of methoxy groups -OCH3 is 1. The Balaban J connectivity index is 4.47. The standard InChI is InChI=1S/C10H15NO5/c1-10(2,3)16-8(13)5-7(11-6-12)9(14)15-4/h7H,5H2,1-4H3. The second-order valence-corrected chi connectivity index (χ2v) is 4.05. The van der Waals surface area contributed by atoms with Gasteiger partial charge in [-0.2, -0.15) is 4.99 Å². The smallest absolute Gasteiger partial charge is 0.332 e. The van der Waals surface area contributed by atoms with Crippen molar-refractivity contribution in [2.75, 3.05) is 7.11 Å². The summed E-state index contributed by atoms with van der Waals surface area (Å²) in [5.74, 6) is -1.39.